The van der Waals surface area contributed by atoms with Gasteiger partial charge in [0.25, 0.3) is 10.0 Å². The van der Waals surface area contributed by atoms with Crippen molar-refractivity contribution in [2.24, 2.45) is 10.2 Å². The van der Waals surface area contributed by atoms with E-state index in [0.29, 0.717) is 0 Å². The van der Waals surface area contributed by atoms with Crippen LogP contribution in [-0.4, -0.2) is 51.6 Å². The van der Waals surface area contributed by atoms with Crippen molar-refractivity contribution in [3.63, 3.8) is 0 Å². The summed E-state index contributed by atoms with van der Waals surface area (Å²) in [4.78, 5) is 19.8. The first-order chi connectivity index (χ1) is 13.8. The van der Waals surface area contributed by atoms with Gasteiger partial charge in [-0.05, 0) is 11.6 Å². The minimum absolute atomic E-state index is 0.0666. The summed E-state index contributed by atoms with van der Waals surface area (Å²) in [5.41, 5.74) is 2.46. The standard InChI is InChI=1S/C16H20N6O6S/c1-26-12-8-13(27-2)19-15(18-12)20-16(21-17)22-29(24,25)9-10-6-4-5-7-11(10)14(23)28-3/h4-8H,9,17H2,1-3H3,(H2,18,19,20,21,22). The van der Waals surface area contributed by atoms with Gasteiger partial charge in [-0.1, -0.05) is 18.2 Å². The molecule has 0 radical (unpaired) electrons. The Hall–Kier alpha value is -3.45. The lowest BCUT2D eigenvalue weighted by atomic mass is 10.1. The maximum atomic E-state index is 12.5. The normalized spacial score (nSPS) is 11.5. The van der Waals surface area contributed by atoms with Crippen molar-refractivity contribution in [1.29, 1.82) is 0 Å². The second-order valence-corrected chi connectivity index (χ2v) is 7.00. The van der Waals surface area contributed by atoms with Crippen LogP contribution in [0.15, 0.2) is 34.7 Å². The number of hydrogen-bond donors (Lipinski definition) is 3. The fourth-order valence-electron chi connectivity index (χ4n) is 2.18. The van der Waals surface area contributed by atoms with Crippen molar-refractivity contribution >= 4 is 27.9 Å². The summed E-state index contributed by atoms with van der Waals surface area (Å²) in [5, 5.41) is 2.53. The Morgan fingerprint density at radius 1 is 1.14 bits per heavy atom. The van der Waals surface area contributed by atoms with Crippen LogP contribution >= 0.6 is 0 Å². The zero-order valence-electron chi connectivity index (χ0n) is 15.9. The second kappa shape index (κ2) is 9.66. The van der Waals surface area contributed by atoms with E-state index < -0.39 is 21.7 Å². The molecule has 0 saturated heterocycles. The number of aromatic nitrogens is 2. The molecule has 1 aromatic carbocycles. The summed E-state index contributed by atoms with van der Waals surface area (Å²) in [5.74, 6) is 4.07. The van der Waals surface area contributed by atoms with Gasteiger partial charge in [0, 0.05) is 0 Å². The highest BCUT2D eigenvalue weighted by Crippen LogP contribution is 2.18. The van der Waals surface area contributed by atoms with Gasteiger partial charge in [-0.25, -0.2) is 19.1 Å². The molecule has 4 N–H and O–H groups in total. The van der Waals surface area contributed by atoms with Gasteiger partial charge in [0.2, 0.25) is 23.7 Å². The van der Waals surface area contributed by atoms with E-state index in [1.165, 1.54) is 39.5 Å². The Labute approximate surface area is 167 Å². The molecule has 2 aromatic rings. The van der Waals surface area contributed by atoms with E-state index >= 15 is 0 Å². The third kappa shape index (κ3) is 6.02. The van der Waals surface area contributed by atoms with Crippen molar-refractivity contribution in [3.8, 4) is 11.8 Å². The second-order valence-electron chi connectivity index (χ2n) is 5.36. The van der Waals surface area contributed by atoms with Crippen LogP contribution in [-0.2, 0) is 20.5 Å². The van der Waals surface area contributed by atoms with Gasteiger partial charge in [0.15, 0.2) is 0 Å². The summed E-state index contributed by atoms with van der Waals surface area (Å²) >= 11 is 0. The number of carbonyl (C=O) groups is 1. The van der Waals surface area contributed by atoms with E-state index in [1.807, 2.05) is 0 Å². The number of esters is 1. The summed E-state index contributed by atoms with van der Waals surface area (Å²) in [6, 6.07) is 7.55. The minimum atomic E-state index is -4.10. The molecule has 0 spiro atoms. The molecule has 1 heterocycles. The summed E-state index contributed by atoms with van der Waals surface area (Å²) in [6.07, 6.45) is 0. The van der Waals surface area contributed by atoms with Crippen LogP contribution in [0.1, 0.15) is 15.9 Å². The van der Waals surface area contributed by atoms with Gasteiger partial charge in [-0.3, -0.25) is 10.7 Å². The van der Waals surface area contributed by atoms with Crippen LogP contribution in [0, 0.1) is 0 Å². The molecule has 13 heteroatoms. The van der Waals surface area contributed by atoms with Crippen LogP contribution in [0.2, 0.25) is 0 Å². The number of nitrogens with one attached hydrogen (secondary N) is 2. The van der Waals surface area contributed by atoms with Crippen LogP contribution in [0.5, 0.6) is 11.8 Å². The first kappa shape index (κ1) is 21.8. The average molecular weight is 424 g/mol. The molecule has 0 unspecified atom stereocenters. The topological polar surface area (TPSA) is 167 Å². The number of anilines is 1. The molecular weight excluding hydrogens is 404 g/mol. The first-order valence-corrected chi connectivity index (χ1v) is 9.62. The Morgan fingerprint density at radius 3 is 2.31 bits per heavy atom. The Kier molecular flexibility index (Phi) is 7.27. The number of nitrogens with two attached hydrogens (primary N) is 1. The van der Waals surface area contributed by atoms with Crippen LogP contribution in [0.4, 0.5) is 5.95 Å². The fraction of sp³-hybridized carbons (Fsp3) is 0.250. The smallest absolute Gasteiger partial charge is 0.338 e. The zero-order valence-corrected chi connectivity index (χ0v) is 16.7. The number of nitrogens with zero attached hydrogens (tertiary/aromatic N) is 3. The van der Waals surface area contributed by atoms with Crippen molar-refractivity contribution in [2.45, 2.75) is 5.75 Å². The van der Waals surface area contributed by atoms with Gasteiger partial charge >= 0.3 is 5.97 Å². The lowest BCUT2D eigenvalue weighted by molar-refractivity contribution is 0.0600. The van der Waals surface area contributed by atoms with Gasteiger partial charge in [-0.15, -0.1) is 4.40 Å². The van der Waals surface area contributed by atoms with Gasteiger partial charge < -0.3 is 14.2 Å². The molecule has 0 aliphatic heterocycles. The van der Waals surface area contributed by atoms with Crippen molar-refractivity contribution in [3.05, 3.63) is 41.5 Å². The molecule has 156 valence electrons. The van der Waals surface area contributed by atoms with E-state index in [1.54, 1.807) is 12.1 Å². The maximum absolute atomic E-state index is 12.5. The molecule has 2 rings (SSSR count). The molecule has 12 nitrogen and oxygen atoms in total. The predicted molar refractivity (Wildman–Crippen MR) is 104 cm³/mol. The number of sulfonamides is 1. The predicted octanol–water partition coefficient (Wildman–Crippen LogP) is 0.0416. The highest BCUT2D eigenvalue weighted by molar-refractivity contribution is 7.89. The van der Waals surface area contributed by atoms with Crippen LogP contribution < -0.4 is 26.1 Å². The Morgan fingerprint density at radius 2 is 1.76 bits per heavy atom. The number of hydrazine groups is 1. The Balaban J connectivity index is 2.30. The van der Waals surface area contributed by atoms with Gasteiger partial charge in [0.1, 0.15) is 0 Å². The molecule has 0 saturated carbocycles. The number of hydrogen-bond acceptors (Lipinski definition) is 9. The maximum Gasteiger partial charge on any atom is 0.338 e. The molecule has 0 aliphatic rings. The van der Waals surface area contributed by atoms with Crippen LogP contribution in [0.3, 0.4) is 0 Å². The van der Waals surface area contributed by atoms with E-state index in [2.05, 4.69) is 29.8 Å². The summed E-state index contributed by atoms with van der Waals surface area (Å²) in [6.45, 7) is 0. The lowest BCUT2D eigenvalue weighted by Gasteiger charge is -2.10. The van der Waals surface area contributed by atoms with Crippen molar-refractivity contribution < 1.29 is 27.4 Å². The van der Waals surface area contributed by atoms with Crippen LogP contribution in [0.25, 0.3) is 0 Å². The molecule has 0 atom stereocenters. The van der Waals surface area contributed by atoms with Crippen molar-refractivity contribution in [1.82, 2.24) is 15.4 Å². The van der Waals surface area contributed by atoms with Crippen molar-refractivity contribution in [2.75, 3.05) is 26.6 Å². The summed E-state index contributed by atoms with van der Waals surface area (Å²) < 4.78 is 43.3. The minimum Gasteiger partial charge on any atom is -0.481 e. The van der Waals surface area contributed by atoms with E-state index in [-0.39, 0.29) is 34.8 Å². The molecule has 29 heavy (non-hydrogen) atoms. The molecule has 0 bridgehead atoms. The number of methoxy groups -OCH3 is 3. The van der Waals surface area contributed by atoms with E-state index in [4.69, 9.17) is 15.3 Å². The highest BCUT2D eigenvalue weighted by Gasteiger charge is 2.19. The number of benzene rings is 1. The summed E-state index contributed by atoms with van der Waals surface area (Å²) in [7, 11) is -0.114. The first-order valence-electron chi connectivity index (χ1n) is 8.01. The fourth-order valence-corrected chi connectivity index (χ4v) is 3.27. The molecule has 0 amide bonds. The average Bonchev–Trinajstić information content (AvgIpc) is 2.72. The van der Waals surface area contributed by atoms with Gasteiger partial charge in [0.05, 0.1) is 38.7 Å². The number of rotatable bonds is 7. The molecule has 0 fully saturated rings. The highest BCUT2D eigenvalue weighted by atomic mass is 32.2. The van der Waals surface area contributed by atoms with E-state index in [0.717, 1.165) is 0 Å². The Bertz CT molecular complexity index is 988. The molecule has 1 aromatic heterocycles. The monoisotopic (exact) mass is 424 g/mol. The lowest BCUT2D eigenvalue weighted by Crippen LogP contribution is -2.37. The number of carbonyl (C=O) groups excluding carboxylic acids is 1. The van der Waals surface area contributed by atoms with Gasteiger partial charge in [-0.2, -0.15) is 9.97 Å². The number of ether oxygens (including phenoxy) is 3. The largest absolute Gasteiger partial charge is 0.481 e. The molecule has 0 aliphatic carbocycles. The number of guanidine groups is 1. The quantitative estimate of drug-likeness (QED) is 0.180. The SMILES string of the molecule is COC(=O)c1ccccc1CS(=O)(=O)N=C(NN)Nc1nc(OC)cc(OC)n1. The van der Waals surface area contributed by atoms with E-state index in [9.17, 15) is 13.2 Å². The molecular formula is C16H20N6O6S. The third-order valence-corrected chi connectivity index (χ3v) is 4.59. The zero-order chi connectivity index (χ0) is 21.4. The third-order valence-electron chi connectivity index (χ3n) is 3.46.